The van der Waals surface area contributed by atoms with E-state index in [1.54, 1.807) is 0 Å². The van der Waals surface area contributed by atoms with Gasteiger partial charge in [-0.2, -0.15) is 0 Å². The lowest BCUT2D eigenvalue weighted by Gasteiger charge is -2.28. The standard InChI is InChI=1S/C41H34N2/c1-41(2)38-16-10-9-15-36(38)37-23-21-35(28-39(37)41)43(33-19-17-30(18-20-33)29-11-5-3-6-12-29)34-22-24-40-31(27-34)25-26-42(40)32-13-7-4-8-14-32/h4-5,7-28H,3,6H2,1-2H3. The van der Waals surface area contributed by atoms with E-state index in [1.807, 2.05) is 0 Å². The Morgan fingerprint density at radius 3 is 2.16 bits per heavy atom. The molecule has 0 atom stereocenters. The van der Waals surface area contributed by atoms with Gasteiger partial charge in [-0.25, -0.2) is 0 Å². The van der Waals surface area contributed by atoms with Crippen molar-refractivity contribution in [2.24, 2.45) is 0 Å². The van der Waals surface area contributed by atoms with Crippen LogP contribution in [0.5, 0.6) is 0 Å². The van der Waals surface area contributed by atoms with Crippen LogP contribution in [0.4, 0.5) is 17.1 Å². The molecule has 208 valence electrons. The lowest BCUT2D eigenvalue weighted by molar-refractivity contribution is 0.660. The Morgan fingerprint density at radius 1 is 0.628 bits per heavy atom. The molecule has 0 radical (unpaired) electrons. The molecule has 2 aliphatic rings. The number of allylic oxidation sites excluding steroid dienone is 4. The molecule has 8 rings (SSSR count). The number of hydrogen-bond donors (Lipinski definition) is 0. The van der Waals surface area contributed by atoms with Crippen LogP contribution in [-0.4, -0.2) is 4.57 Å². The zero-order valence-corrected chi connectivity index (χ0v) is 24.7. The maximum atomic E-state index is 2.41. The summed E-state index contributed by atoms with van der Waals surface area (Å²) in [5, 5.41) is 1.22. The van der Waals surface area contributed by atoms with E-state index in [9.17, 15) is 0 Å². The molecule has 0 amide bonds. The Balaban J connectivity index is 1.26. The highest BCUT2D eigenvalue weighted by molar-refractivity contribution is 5.91. The number of anilines is 3. The molecular weight excluding hydrogens is 520 g/mol. The van der Waals surface area contributed by atoms with Gasteiger partial charge >= 0.3 is 0 Å². The van der Waals surface area contributed by atoms with Crippen molar-refractivity contribution < 1.29 is 0 Å². The van der Waals surface area contributed by atoms with Crippen molar-refractivity contribution in [1.82, 2.24) is 4.57 Å². The lowest BCUT2D eigenvalue weighted by atomic mass is 9.82. The molecule has 0 fully saturated rings. The summed E-state index contributed by atoms with van der Waals surface area (Å²) in [6.45, 7) is 4.70. The van der Waals surface area contributed by atoms with Crippen LogP contribution in [0.3, 0.4) is 0 Å². The molecule has 0 unspecified atom stereocenters. The monoisotopic (exact) mass is 554 g/mol. The fourth-order valence-electron chi connectivity index (χ4n) is 6.99. The van der Waals surface area contributed by atoms with Gasteiger partial charge in [0.05, 0.1) is 5.52 Å². The molecule has 1 heterocycles. The Morgan fingerprint density at radius 2 is 1.35 bits per heavy atom. The maximum Gasteiger partial charge on any atom is 0.0529 e. The van der Waals surface area contributed by atoms with E-state index in [-0.39, 0.29) is 5.41 Å². The van der Waals surface area contributed by atoms with Crippen molar-refractivity contribution in [3.05, 3.63) is 162 Å². The third-order valence-electron chi connectivity index (χ3n) is 9.25. The third-order valence-corrected chi connectivity index (χ3v) is 9.25. The number of benzene rings is 5. The highest BCUT2D eigenvalue weighted by atomic mass is 15.1. The van der Waals surface area contributed by atoms with E-state index in [0.717, 1.165) is 24.2 Å². The van der Waals surface area contributed by atoms with Crippen LogP contribution >= 0.6 is 0 Å². The fraction of sp³-hybridized carbons (Fsp3) is 0.122. The number of para-hydroxylation sites is 1. The average Bonchev–Trinajstić information content (AvgIpc) is 3.58. The van der Waals surface area contributed by atoms with Crippen LogP contribution in [0, 0.1) is 0 Å². The summed E-state index contributed by atoms with van der Waals surface area (Å²) in [5.41, 5.74) is 13.8. The summed E-state index contributed by atoms with van der Waals surface area (Å²) in [5.74, 6) is 0. The summed E-state index contributed by atoms with van der Waals surface area (Å²) in [4.78, 5) is 2.41. The molecule has 1 aromatic heterocycles. The number of rotatable bonds is 5. The molecule has 43 heavy (non-hydrogen) atoms. The van der Waals surface area contributed by atoms with E-state index >= 15 is 0 Å². The summed E-state index contributed by atoms with van der Waals surface area (Å²) >= 11 is 0. The smallest absolute Gasteiger partial charge is 0.0529 e. The predicted molar refractivity (Wildman–Crippen MR) is 182 cm³/mol. The van der Waals surface area contributed by atoms with Gasteiger partial charge in [-0.1, -0.05) is 92.7 Å². The minimum absolute atomic E-state index is 0.0614. The molecule has 0 bridgehead atoms. The van der Waals surface area contributed by atoms with Crippen molar-refractivity contribution in [2.75, 3.05) is 4.90 Å². The van der Waals surface area contributed by atoms with Crippen molar-refractivity contribution in [3.8, 4) is 16.8 Å². The number of aromatic nitrogens is 1. The first-order chi connectivity index (χ1) is 21.1. The maximum absolute atomic E-state index is 2.41. The molecule has 0 saturated heterocycles. The van der Waals surface area contributed by atoms with Crippen LogP contribution in [0.1, 0.15) is 43.4 Å². The fourth-order valence-corrected chi connectivity index (χ4v) is 6.99. The molecule has 2 aliphatic carbocycles. The van der Waals surface area contributed by atoms with Crippen LogP contribution in [0.25, 0.3) is 33.3 Å². The average molecular weight is 555 g/mol. The Kier molecular flexibility index (Phi) is 5.97. The lowest BCUT2D eigenvalue weighted by Crippen LogP contribution is -2.16. The van der Waals surface area contributed by atoms with Gasteiger partial charge in [-0.15, -0.1) is 0 Å². The van der Waals surface area contributed by atoms with Crippen molar-refractivity contribution in [2.45, 2.75) is 32.1 Å². The molecule has 2 nitrogen and oxygen atoms in total. The van der Waals surface area contributed by atoms with Gasteiger partial charge in [0.25, 0.3) is 0 Å². The molecule has 5 aromatic carbocycles. The van der Waals surface area contributed by atoms with E-state index in [0.29, 0.717) is 0 Å². The highest BCUT2D eigenvalue weighted by Gasteiger charge is 2.35. The number of hydrogen-bond acceptors (Lipinski definition) is 1. The molecular formula is C41H34N2. The van der Waals surface area contributed by atoms with Gasteiger partial charge in [0.2, 0.25) is 0 Å². The Bertz CT molecular complexity index is 2040. The van der Waals surface area contributed by atoms with Crippen LogP contribution in [-0.2, 0) is 5.41 Å². The largest absolute Gasteiger partial charge is 0.317 e. The van der Waals surface area contributed by atoms with Crippen LogP contribution < -0.4 is 4.90 Å². The molecule has 0 spiro atoms. The second-order valence-corrected chi connectivity index (χ2v) is 12.2. The second-order valence-electron chi connectivity index (χ2n) is 12.2. The van der Waals surface area contributed by atoms with Gasteiger partial charge in [0.1, 0.15) is 0 Å². The summed E-state index contributed by atoms with van der Waals surface area (Å²) in [6, 6.07) is 44.6. The number of nitrogens with zero attached hydrogens (tertiary/aromatic N) is 2. The summed E-state index contributed by atoms with van der Waals surface area (Å²) in [6.07, 6.45) is 11.3. The first-order valence-electron chi connectivity index (χ1n) is 15.3. The van der Waals surface area contributed by atoms with E-state index in [4.69, 9.17) is 0 Å². The van der Waals surface area contributed by atoms with Crippen LogP contribution in [0.15, 0.2) is 146 Å². The van der Waals surface area contributed by atoms with Gasteiger partial charge < -0.3 is 9.47 Å². The molecule has 0 N–H and O–H groups in total. The van der Waals surface area contributed by atoms with Crippen molar-refractivity contribution >= 4 is 33.5 Å². The first kappa shape index (κ1) is 25.6. The van der Waals surface area contributed by atoms with Crippen LogP contribution in [0.2, 0.25) is 0 Å². The van der Waals surface area contributed by atoms with E-state index in [1.165, 1.54) is 55.7 Å². The zero-order chi connectivity index (χ0) is 29.0. The predicted octanol–water partition coefficient (Wildman–Crippen LogP) is 11.1. The first-order valence-corrected chi connectivity index (χ1v) is 15.3. The summed E-state index contributed by atoms with van der Waals surface area (Å²) < 4.78 is 2.26. The number of fused-ring (bicyclic) bond motifs is 4. The third kappa shape index (κ3) is 4.25. The highest BCUT2D eigenvalue weighted by Crippen LogP contribution is 2.50. The normalized spacial score (nSPS) is 14.8. The van der Waals surface area contributed by atoms with Gasteiger partial charge in [-0.3, -0.25) is 0 Å². The molecule has 0 aliphatic heterocycles. The zero-order valence-electron chi connectivity index (χ0n) is 24.7. The minimum Gasteiger partial charge on any atom is -0.317 e. The van der Waals surface area contributed by atoms with Crippen molar-refractivity contribution in [1.29, 1.82) is 0 Å². The SMILES string of the molecule is CC1(C)c2ccccc2-c2ccc(N(c3ccc(C4=CCCC=C4)cc3)c3ccc4c(ccn4-c4ccccc4)c3)cc21. The van der Waals surface area contributed by atoms with Gasteiger partial charge in [-0.05, 0) is 107 Å². The topological polar surface area (TPSA) is 8.17 Å². The van der Waals surface area contributed by atoms with Crippen molar-refractivity contribution in [3.63, 3.8) is 0 Å². The Hall–Kier alpha value is -5.08. The summed E-state index contributed by atoms with van der Waals surface area (Å²) in [7, 11) is 0. The van der Waals surface area contributed by atoms with E-state index in [2.05, 4.69) is 169 Å². The van der Waals surface area contributed by atoms with E-state index < -0.39 is 0 Å². The van der Waals surface area contributed by atoms with Gasteiger partial charge in [0.15, 0.2) is 0 Å². The quantitative estimate of drug-likeness (QED) is 0.206. The molecule has 2 heteroatoms. The molecule has 6 aromatic rings. The molecule has 0 saturated carbocycles. The van der Waals surface area contributed by atoms with Gasteiger partial charge in [0, 0.05) is 39.7 Å². The minimum atomic E-state index is -0.0614. The second kappa shape index (κ2) is 10.0. The Labute approximate surface area is 253 Å².